The lowest BCUT2D eigenvalue weighted by Crippen LogP contribution is -2.38. The maximum Gasteiger partial charge on any atom is 0.299 e. The summed E-state index contributed by atoms with van der Waals surface area (Å²) in [6.45, 7) is 3.34. The number of nitrogens with zero attached hydrogens (tertiary/aromatic N) is 2. The Morgan fingerprint density at radius 2 is 1.79 bits per heavy atom. The monoisotopic (exact) mass is 534 g/mol. The van der Waals surface area contributed by atoms with Gasteiger partial charge in [-0.25, -0.2) is 0 Å². The van der Waals surface area contributed by atoms with E-state index in [2.05, 4.69) is 26.1 Å². The second kappa shape index (κ2) is 10.3. The third-order valence-corrected chi connectivity index (χ3v) is 9.27. The van der Waals surface area contributed by atoms with Crippen molar-refractivity contribution in [2.45, 2.75) is 70.1 Å². The molecule has 8 nitrogen and oxygen atoms in total. The first-order valence-corrected chi connectivity index (χ1v) is 15.1. The van der Waals surface area contributed by atoms with Crippen LogP contribution < -0.4 is 14.2 Å². The lowest BCUT2D eigenvalue weighted by atomic mass is 9.92. The van der Waals surface area contributed by atoms with Crippen molar-refractivity contribution < 1.29 is 17.9 Å². The molecule has 38 heavy (non-hydrogen) atoms. The summed E-state index contributed by atoms with van der Waals surface area (Å²) in [5.74, 6) is 1.24. The molecule has 9 heteroatoms. The molecule has 0 radical (unpaired) electrons. The number of hydrogen-bond acceptors (Lipinski definition) is 5. The Bertz CT molecular complexity index is 1460. The van der Waals surface area contributed by atoms with Crippen molar-refractivity contribution in [2.75, 3.05) is 17.9 Å². The van der Waals surface area contributed by atoms with Gasteiger partial charge >= 0.3 is 0 Å². The topological polar surface area (TPSA) is 105 Å². The van der Waals surface area contributed by atoms with E-state index >= 15 is 0 Å². The van der Waals surface area contributed by atoms with E-state index in [1.54, 1.807) is 12.1 Å². The summed E-state index contributed by atoms with van der Waals surface area (Å²) in [6, 6.07) is 16.0. The third-order valence-electron chi connectivity index (χ3n) is 8.08. The lowest BCUT2D eigenvalue weighted by molar-refractivity contribution is 0.0256. The van der Waals surface area contributed by atoms with Gasteiger partial charge in [-0.1, -0.05) is 12.1 Å². The number of rotatable bonds is 9. The second-order valence-corrected chi connectivity index (χ2v) is 12.3. The molecule has 1 aromatic heterocycles. The Hall–Kier alpha value is -3.06. The minimum absolute atomic E-state index is 0.0801. The van der Waals surface area contributed by atoms with Crippen molar-refractivity contribution in [2.24, 2.45) is 5.92 Å². The fraction of sp³-hybridized carbons (Fsp3) is 0.483. The van der Waals surface area contributed by atoms with Gasteiger partial charge in [0, 0.05) is 42.1 Å². The Labute approximate surface area is 224 Å². The molecule has 1 aliphatic heterocycles. The summed E-state index contributed by atoms with van der Waals surface area (Å²) >= 11 is 0. The van der Waals surface area contributed by atoms with Crippen molar-refractivity contribution in [3.8, 4) is 23.1 Å². The zero-order chi connectivity index (χ0) is 26.3. The van der Waals surface area contributed by atoms with Gasteiger partial charge < -0.3 is 14.0 Å². The van der Waals surface area contributed by atoms with Crippen LogP contribution in [0.15, 0.2) is 42.5 Å². The zero-order valence-corrected chi connectivity index (χ0v) is 22.5. The van der Waals surface area contributed by atoms with E-state index < -0.39 is 10.2 Å². The number of benzene rings is 2. The molecule has 1 saturated heterocycles. The van der Waals surface area contributed by atoms with Gasteiger partial charge in [-0.15, -0.1) is 0 Å². The summed E-state index contributed by atoms with van der Waals surface area (Å²) in [5, 5.41) is 11.1. The van der Waals surface area contributed by atoms with Gasteiger partial charge in [0.1, 0.15) is 17.9 Å². The quantitative estimate of drug-likeness (QED) is 0.377. The molecule has 1 atom stereocenters. The Morgan fingerprint density at radius 3 is 2.42 bits per heavy atom. The predicted molar refractivity (Wildman–Crippen MR) is 147 cm³/mol. The highest BCUT2D eigenvalue weighted by atomic mass is 32.2. The van der Waals surface area contributed by atoms with Crippen molar-refractivity contribution in [1.82, 2.24) is 9.29 Å². The Kier molecular flexibility index (Phi) is 6.81. The largest absolute Gasteiger partial charge is 0.490 e. The Morgan fingerprint density at radius 1 is 1.05 bits per heavy atom. The van der Waals surface area contributed by atoms with Crippen molar-refractivity contribution >= 4 is 26.8 Å². The molecule has 200 valence electrons. The van der Waals surface area contributed by atoms with Crippen LogP contribution in [0.1, 0.15) is 63.5 Å². The highest BCUT2D eigenvalue weighted by molar-refractivity contribution is 7.90. The number of fused-ring (bicyclic) bond motifs is 1. The molecule has 2 saturated carbocycles. The van der Waals surface area contributed by atoms with Crippen LogP contribution in [-0.2, 0) is 14.9 Å². The van der Waals surface area contributed by atoms with Crippen LogP contribution in [0.3, 0.4) is 0 Å². The van der Waals surface area contributed by atoms with Crippen LogP contribution in [0.4, 0.5) is 5.69 Å². The molecule has 3 aliphatic rings. The summed E-state index contributed by atoms with van der Waals surface area (Å²) in [7, 11) is -3.66. The SMILES string of the molecule is C[C@H](NS(=O)(=O)Nc1ccc(-c2c(C#N)c3ccc(OC4CCOCC4)cc3n2C2CCC2)cc1)C1CC1. The van der Waals surface area contributed by atoms with Crippen molar-refractivity contribution in [3.63, 3.8) is 0 Å². The fourth-order valence-corrected chi connectivity index (χ4v) is 6.78. The van der Waals surface area contributed by atoms with Crippen LogP contribution in [0.5, 0.6) is 5.75 Å². The number of aromatic nitrogens is 1. The molecule has 0 unspecified atom stereocenters. The van der Waals surface area contributed by atoms with Crippen LogP contribution in [0, 0.1) is 17.2 Å². The number of nitrogens with one attached hydrogen (secondary N) is 2. The molecule has 2 aliphatic carbocycles. The molecule has 0 spiro atoms. The first-order chi connectivity index (χ1) is 18.4. The van der Waals surface area contributed by atoms with Crippen molar-refractivity contribution in [3.05, 3.63) is 48.0 Å². The summed E-state index contributed by atoms with van der Waals surface area (Å²) in [4.78, 5) is 0. The molecule has 6 rings (SSSR count). The molecule has 2 N–H and O–H groups in total. The van der Waals surface area contributed by atoms with E-state index in [1.807, 2.05) is 31.2 Å². The molecule has 3 fully saturated rings. The van der Waals surface area contributed by atoms with E-state index in [0.29, 0.717) is 23.2 Å². The van der Waals surface area contributed by atoms with Gasteiger partial charge in [0.2, 0.25) is 0 Å². The normalized spacial score (nSPS) is 19.6. The van der Waals surface area contributed by atoms with Gasteiger partial charge in [0.15, 0.2) is 0 Å². The van der Waals surface area contributed by atoms with E-state index in [0.717, 1.165) is 86.1 Å². The van der Waals surface area contributed by atoms with Gasteiger partial charge in [-0.05, 0) is 74.8 Å². The number of nitriles is 1. The molecular weight excluding hydrogens is 500 g/mol. The highest BCUT2D eigenvalue weighted by Crippen LogP contribution is 2.43. The molecule has 3 aromatic rings. The summed E-state index contributed by atoms with van der Waals surface area (Å²) in [5.41, 5.74) is 3.90. The standard InChI is InChI=1S/C29H34N4O4S/c1-19(20-5-6-20)31-38(34,35)32-22-9-7-21(8-10-22)29-27(18-30)26-12-11-25(37-24-13-15-36-16-14-24)17-28(26)33(29)23-3-2-4-23/h7-12,17,19-20,23-24,31-32H,2-6,13-16H2,1H3/t19-/m0/s1. The van der Waals surface area contributed by atoms with E-state index in [1.165, 1.54) is 0 Å². The maximum absolute atomic E-state index is 12.6. The average Bonchev–Trinajstić information content (AvgIpc) is 3.68. The van der Waals surface area contributed by atoms with E-state index in [9.17, 15) is 13.7 Å². The number of anilines is 1. The summed E-state index contributed by atoms with van der Waals surface area (Å²) in [6.07, 6.45) is 7.32. The minimum Gasteiger partial charge on any atom is -0.490 e. The average molecular weight is 535 g/mol. The van der Waals surface area contributed by atoms with Crippen LogP contribution in [0.2, 0.25) is 0 Å². The molecular formula is C29H34N4O4S. The zero-order valence-electron chi connectivity index (χ0n) is 21.7. The number of hydrogen-bond donors (Lipinski definition) is 2. The second-order valence-electron chi connectivity index (χ2n) is 10.8. The summed E-state index contributed by atoms with van der Waals surface area (Å²) < 4.78 is 44.6. The van der Waals surface area contributed by atoms with E-state index in [-0.39, 0.29) is 12.1 Å². The van der Waals surface area contributed by atoms with E-state index in [4.69, 9.17) is 9.47 Å². The highest BCUT2D eigenvalue weighted by Gasteiger charge is 2.31. The molecule has 0 bridgehead atoms. The smallest absolute Gasteiger partial charge is 0.299 e. The van der Waals surface area contributed by atoms with Crippen LogP contribution in [0.25, 0.3) is 22.2 Å². The van der Waals surface area contributed by atoms with Gasteiger partial charge in [0.25, 0.3) is 10.2 Å². The maximum atomic E-state index is 12.6. The van der Waals surface area contributed by atoms with Gasteiger partial charge in [0.05, 0.1) is 30.0 Å². The first-order valence-electron chi connectivity index (χ1n) is 13.6. The minimum atomic E-state index is -3.66. The van der Waals surface area contributed by atoms with Crippen LogP contribution in [-0.4, -0.2) is 38.3 Å². The van der Waals surface area contributed by atoms with Gasteiger partial charge in [-0.3, -0.25) is 4.72 Å². The third kappa shape index (κ3) is 5.13. The number of ether oxygens (including phenoxy) is 2. The van der Waals surface area contributed by atoms with Gasteiger partial charge in [-0.2, -0.15) is 18.4 Å². The Balaban J connectivity index is 1.32. The fourth-order valence-electron chi connectivity index (χ4n) is 5.59. The van der Waals surface area contributed by atoms with Crippen LogP contribution >= 0.6 is 0 Å². The predicted octanol–water partition coefficient (Wildman–Crippen LogP) is 5.51. The molecule has 2 aromatic carbocycles. The lowest BCUT2D eigenvalue weighted by Gasteiger charge is -2.30. The molecule has 2 heterocycles. The van der Waals surface area contributed by atoms with Crippen molar-refractivity contribution in [1.29, 1.82) is 5.26 Å². The molecule has 0 amide bonds. The first kappa shape index (κ1) is 25.2.